The zero-order valence-electron chi connectivity index (χ0n) is 12.9. The van der Waals surface area contributed by atoms with Crippen molar-refractivity contribution in [2.75, 3.05) is 0 Å². The van der Waals surface area contributed by atoms with Crippen LogP contribution in [0.15, 0.2) is 60.2 Å². The van der Waals surface area contributed by atoms with Gasteiger partial charge in [0.05, 0.1) is 5.02 Å². The molecule has 0 atom stereocenters. The Hall–Kier alpha value is -2.23. The normalized spacial score (nSPS) is 11.1. The van der Waals surface area contributed by atoms with Crippen molar-refractivity contribution in [3.05, 3.63) is 76.6 Å². The maximum atomic E-state index is 13.3. The average molecular weight is 354 g/mol. The van der Waals surface area contributed by atoms with Crippen molar-refractivity contribution in [2.24, 2.45) is 0 Å². The van der Waals surface area contributed by atoms with Crippen LogP contribution in [-0.2, 0) is 0 Å². The molecule has 0 aliphatic heterocycles. The van der Waals surface area contributed by atoms with Crippen LogP contribution in [0.5, 0.6) is 0 Å². The van der Waals surface area contributed by atoms with E-state index in [1.54, 1.807) is 23.6 Å². The molecule has 0 aliphatic carbocycles. The van der Waals surface area contributed by atoms with Gasteiger partial charge in [0.1, 0.15) is 5.82 Å². The largest absolute Gasteiger partial charge is 0.264 e. The fourth-order valence-corrected chi connectivity index (χ4v) is 4.30. The SMILES string of the molecule is Cc1ccncc1-c1cccc2c(-c3ccc(F)cc3Cl)csc12. The van der Waals surface area contributed by atoms with E-state index in [2.05, 4.69) is 29.4 Å². The number of hydrogen-bond donors (Lipinski definition) is 0. The number of hydrogen-bond acceptors (Lipinski definition) is 2. The predicted molar refractivity (Wildman–Crippen MR) is 100 cm³/mol. The Bertz CT molecular complexity index is 1050. The van der Waals surface area contributed by atoms with E-state index in [1.165, 1.54) is 22.4 Å². The molecule has 118 valence electrons. The quantitative estimate of drug-likeness (QED) is 0.389. The van der Waals surface area contributed by atoms with Crippen molar-refractivity contribution in [3.63, 3.8) is 0 Å². The average Bonchev–Trinajstić information content (AvgIpc) is 2.99. The zero-order valence-corrected chi connectivity index (χ0v) is 14.5. The lowest BCUT2D eigenvalue weighted by molar-refractivity contribution is 0.628. The van der Waals surface area contributed by atoms with E-state index in [4.69, 9.17) is 11.6 Å². The van der Waals surface area contributed by atoms with Crippen LogP contribution >= 0.6 is 22.9 Å². The topological polar surface area (TPSA) is 12.9 Å². The van der Waals surface area contributed by atoms with E-state index in [1.807, 2.05) is 18.3 Å². The van der Waals surface area contributed by atoms with Gasteiger partial charge < -0.3 is 0 Å². The fraction of sp³-hybridized carbons (Fsp3) is 0.0500. The number of thiophene rings is 1. The lowest BCUT2D eigenvalue weighted by Crippen LogP contribution is -1.85. The van der Waals surface area contributed by atoms with E-state index < -0.39 is 0 Å². The molecule has 24 heavy (non-hydrogen) atoms. The number of rotatable bonds is 2. The van der Waals surface area contributed by atoms with Crippen molar-refractivity contribution in [2.45, 2.75) is 6.92 Å². The first-order valence-corrected chi connectivity index (χ1v) is 8.77. The summed E-state index contributed by atoms with van der Waals surface area (Å²) in [6, 6.07) is 12.8. The van der Waals surface area contributed by atoms with Crippen LogP contribution in [0.1, 0.15) is 5.56 Å². The van der Waals surface area contributed by atoms with E-state index in [9.17, 15) is 4.39 Å². The molecule has 1 nitrogen and oxygen atoms in total. The van der Waals surface area contributed by atoms with Gasteiger partial charge in [-0.25, -0.2) is 4.39 Å². The second-order valence-corrected chi connectivity index (χ2v) is 6.93. The molecule has 0 spiro atoms. The van der Waals surface area contributed by atoms with E-state index in [-0.39, 0.29) is 5.82 Å². The van der Waals surface area contributed by atoms with Crippen molar-refractivity contribution < 1.29 is 4.39 Å². The summed E-state index contributed by atoms with van der Waals surface area (Å²) in [6.45, 7) is 2.08. The maximum Gasteiger partial charge on any atom is 0.124 e. The first-order valence-electron chi connectivity index (χ1n) is 7.52. The van der Waals surface area contributed by atoms with Crippen molar-refractivity contribution in [1.29, 1.82) is 0 Å². The molecule has 0 amide bonds. The highest BCUT2D eigenvalue weighted by atomic mass is 35.5. The molecule has 0 saturated carbocycles. The van der Waals surface area contributed by atoms with Crippen LogP contribution in [0.3, 0.4) is 0 Å². The second-order valence-electron chi connectivity index (χ2n) is 5.65. The molecule has 0 unspecified atom stereocenters. The Kier molecular flexibility index (Phi) is 3.83. The molecule has 0 N–H and O–H groups in total. The summed E-state index contributed by atoms with van der Waals surface area (Å²) in [5.41, 5.74) is 5.36. The summed E-state index contributed by atoms with van der Waals surface area (Å²) >= 11 is 7.93. The molecule has 2 aromatic carbocycles. The molecule has 4 aromatic rings. The zero-order chi connectivity index (χ0) is 16.7. The van der Waals surface area contributed by atoms with Crippen LogP contribution in [0.2, 0.25) is 5.02 Å². The molecule has 0 saturated heterocycles. The summed E-state index contributed by atoms with van der Waals surface area (Å²) in [5, 5.41) is 3.63. The highest BCUT2D eigenvalue weighted by molar-refractivity contribution is 7.18. The number of benzene rings is 2. The van der Waals surface area contributed by atoms with Crippen molar-refractivity contribution in [3.8, 4) is 22.3 Å². The van der Waals surface area contributed by atoms with Gasteiger partial charge in [-0.3, -0.25) is 4.98 Å². The summed E-state index contributed by atoms with van der Waals surface area (Å²) in [5.74, 6) is -0.324. The first-order chi connectivity index (χ1) is 11.6. The smallest absolute Gasteiger partial charge is 0.124 e. The maximum absolute atomic E-state index is 13.3. The summed E-state index contributed by atoms with van der Waals surface area (Å²) in [7, 11) is 0. The Labute approximate surface area is 148 Å². The molecular formula is C20H13ClFNS. The number of aromatic nitrogens is 1. The summed E-state index contributed by atoms with van der Waals surface area (Å²) in [6.07, 6.45) is 3.70. The third-order valence-electron chi connectivity index (χ3n) is 4.15. The molecule has 2 aromatic heterocycles. The number of aryl methyl sites for hydroxylation is 1. The van der Waals surface area contributed by atoms with Crippen LogP contribution < -0.4 is 0 Å². The number of nitrogens with zero attached hydrogens (tertiary/aromatic N) is 1. The number of pyridine rings is 1. The molecule has 2 heterocycles. The molecule has 0 radical (unpaired) electrons. The van der Waals surface area contributed by atoms with Gasteiger partial charge in [0.2, 0.25) is 0 Å². The highest BCUT2D eigenvalue weighted by Crippen LogP contribution is 2.42. The Morgan fingerprint density at radius 2 is 1.88 bits per heavy atom. The molecule has 4 rings (SSSR count). The van der Waals surface area contributed by atoms with Gasteiger partial charge in [-0.1, -0.05) is 29.8 Å². The fourth-order valence-electron chi connectivity index (χ4n) is 2.93. The first kappa shape index (κ1) is 15.3. The third kappa shape index (κ3) is 2.50. The molecule has 4 heteroatoms. The van der Waals surface area contributed by atoms with E-state index in [0.717, 1.165) is 27.6 Å². The minimum atomic E-state index is -0.324. The van der Waals surface area contributed by atoms with Crippen LogP contribution in [-0.4, -0.2) is 4.98 Å². The lowest BCUT2D eigenvalue weighted by atomic mass is 9.98. The minimum absolute atomic E-state index is 0.324. The van der Waals surface area contributed by atoms with Gasteiger partial charge in [-0.05, 0) is 42.1 Å². The molecule has 0 aliphatic rings. The molecule has 0 bridgehead atoms. The van der Waals surface area contributed by atoms with E-state index in [0.29, 0.717) is 5.02 Å². The van der Waals surface area contributed by atoms with Gasteiger partial charge in [-0.15, -0.1) is 11.3 Å². The van der Waals surface area contributed by atoms with Crippen LogP contribution in [0, 0.1) is 12.7 Å². The monoisotopic (exact) mass is 353 g/mol. The van der Waals surface area contributed by atoms with Gasteiger partial charge in [-0.2, -0.15) is 0 Å². The van der Waals surface area contributed by atoms with E-state index >= 15 is 0 Å². The Balaban J connectivity index is 1.96. The van der Waals surface area contributed by atoms with Crippen LogP contribution in [0.25, 0.3) is 32.3 Å². The summed E-state index contributed by atoms with van der Waals surface area (Å²) < 4.78 is 14.5. The van der Waals surface area contributed by atoms with Crippen molar-refractivity contribution in [1.82, 2.24) is 4.98 Å². The van der Waals surface area contributed by atoms with Gasteiger partial charge in [0.25, 0.3) is 0 Å². The summed E-state index contributed by atoms with van der Waals surface area (Å²) in [4.78, 5) is 4.26. The lowest BCUT2D eigenvalue weighted by Gasteiger charge is -2.08. The number of fused-ring (bicyclic) bond motifs is 1. The number of halogens is 2. The predicted octanol–water partition coefficient (Wildman–Crippen LogP) is 6.73. The van der Waals surface area contributed by atoms with Gasteiger partial charge in [0, 0.05) is 44.7 Å². The molecular weight excluding hydrogens is 341 g/mol. The standard InChI is InChI=1S/C20H13ClFNS/c1-12-7-8-23-10-17(12)15-3-2-4-16-18(11-24-20(15)16)14-6-5-13(22)9-19(14)21/h2-11H,1H3. The van der Waals surface area contributed by atoms with Gasteiger partial charge >= 0.3 is 0 Å². The van der Waals surface area contributed by atoms with Crippen LogP contribution in [0.4, 0.5) is 4.39 Å². The second kappa shape index (κ2) is 6.00. The Morgan fingerprint density at radius 1 is 1.00 bits per heavy atom. The Morgan fingerprint density at radius 3 is 2.67 bits per heavy atom. The molecule has 0 fully saturated rings. The highest BCUT2D eigenvalue weighted by Gasteiger charge is 2.14. The third-order valence-corrected chi connectivity index (χ3v) is 5.49. The van der Waals surface area contributed by atoms with Gasteiger partial charge in [0.15, 0.2) is 0 Å². The van der Waals surface area contributed by atoms with Crippen molar-refractivity contribution >= 4 is 33.0 Å². The minimum Gasteiger partial charge on any atom is -0.264 e.